The van der Waals surface area contributed by atoms with Crippen LogP contribution < -0.4 is 4.74 Å². The summed E-state index contributed by atoms with van der Waals surface area (Å²) < 4.78 is 5.55. The van der Waals surface area contributed by atoms with Crippen LogP contribution in [0.2, 0.25) is 10.0 Å². The fourth-order valence-electron chi connectivity index (χ4n) is 2.66. The predicted molar refractivity (Wildman–Crippen MR) is 90.1 cm³/mol. The van der Waals surface area contributed by atoms with Gasteiger partial charge in [0.1, 0.15) is 5.75 Å². The SMILES string of the molecule is C[C@H]1c2ccsc2CCN1C(=O)COc1cc(Cl)ccc1Cl. The first-order valence-corrected chi connectivity index (χ1v) is 8.63. The third-order valence-electron chi connectivity index (χ3n) is 3.84. The first-order valence-electron chi connectivity index (χ1n) is 7.00. The first-order chi connectivity index (χ1) is 10.6. The molecule has 6 heteroatoms. The Morgan fingerprint density at radius 3 is 3.05 bits per heavy atom. The Labute approximate surface area is 143 Å². The van der Waals surface area contributed by atoms with Crippen LogP contribution in [-0.2, 0) is 11.2 Å². The Hall–Kier alpha value is -1.23. The van der Waals surface area contributed by atoms with Gasteiger partial charge in [0, 0.05) is 22.5 Å². The normalized spacial score (nSPS) is 17.2. The molecular formula is C16H15Cl2NO2S. The molecule has 3 rings (SSSR count). The van der Waals surface area contributed by atoms with E-state index in [1.54, 1.807) is 29.5 Å². The lowest BCUT2D eigenvalue weighted by Gasteiger charge is -2.33. The first kappa shape index (κ1) is 15.7. The number of hydrogen-bond acceptors (Lipinski definition) is 3. The van der Waals surface area contributed by atoms with Crippen LogP contribution in [0, 0.1) is 0 Å². The van der Waals surface area contributed by atoms with Crippen molar-refractivity contribution < 1.29 is 9.53 Å². The standard InChI is InChI=1S/C16H15Cl2NO2S/c1-10-12-5-7-22-15(12)4-6-19(10)16(20)9-21-14-8-11(17)2-3-13(14)18/h2-3,5,7-8,10H,4,6,9H2,1H3/t10-/m0/s1. The molecule has 1 aliphatic heterocycles. The maximum atomic E-state index is 12.4. The molecule has 1 atom stereocenters. The van der Waals surface area contributed by atoms with E-state index < -0.39 is 0 Å². The average Bonchev–Trinajstić information content (AvgIpc) is 2.98. The summed E-state index contributed by atoms with van der Waals surface area (Å²) in [4.78, 5) is 15.7. The van der Waals surface area contributed by atoms with Gasteiger partial charge in [0.05, 0.1) is 11.1 Å². The molecule has 2 aromatic rings. The molecule has 2 heterocycles. The smallest absolute Gasteiger partial charge is 0.261 e. The molecular weight excluding hydrogens is 341 g/mol. The maximum Gasteiger partial charge on any atom is 0.261 e. The molecule has 1 aromatic heterocycles. The van der Waals surface area contributed by atoms with Crippen LogP contribution in [0.5, 0.6) is 5.75 Å². The maximum absolute atomic E-state index is 12.4. The molecule has 22 heavy (non-hydrogen) atoms. The van der Waals surface area contributed by atoms with Gasteiger partial charge in [-0.15, -0.1) is 11.3 Å². The van der Waals surface area contributed by atoms with Gasteiger partial charge in [-0.1, -0.05) is 23.2 Å². The highest BCUT2D eigenvalue weighted by Crippen LogP contribution is 2.33. The molecule has 0 unspecified atom stereocenters. The molecule has 1 aliphatic rings. The number of carbonyl (C=O) groups is 1. The molecule has 1 amide bonds. The van der Waals surface area contributed by atoms with E-state index in [1.165, 1.54) is 10.4 Å². The van der Waals surface area contributed by atoms with Crippen LogP contribution in [-0.4, -0.2) is 24.0 Å². The lowest BCUT2D eigenvalue weighted by Crippen LogP contribution is -2.40. The van der Waals surface area contributed by atoms with Crippen LogP contribution >= 0.6 is 34.5 Å². The summed E-state index contributed by atoms with van der Waals surface area (Å²) in [6.07, 6.45) is 0.904. The largest absolute Gasteiger partial charge is 0.482 e. The number of benzene rings is 1. The number of hydrogen-bond donors (Lipinski definition) is 0. The number of amides is 1. The van der Waals surface area contributed by atoms with Crippen molar-refractivity contribution in [2.24, 2.45) is 0 Å². The third-order valence-corrected chi connectivity index (χ3v) is 5.39. The Balaban J connectivity index is 1.67. The number of fused-ring (bicyclic) bond motifs is 1. The number of thiophene rings is 1. The van der Waals surface area contributed by atoms with Gasteiger partial charge in [-0.2, -0.15) is 0 Å². The molecule has 0 saturated carbocycles. The van der Waals surface area contributed by atoms with Gasteiger partial charge in [-0.05, 0) is 42.5 Å². The monoisotopic (exact) mass is 355 g/mol. The molecule has 0 radical (unpaired) electrons. The third kappa shape index (κ3) is 3.09. The summed E-state index contributed by atoms with van der Waals surface area (Å²) in [5.41, 5.74) is 1.24. The zero-order valence-electron chi connectivity index (χ0n) is 12.0. The van der Waals surface area contributed by atoms with Gasteiger partial charge in [0.25, 0.3) is 5.91 Å². The van der Waals surface area contributed by atoms with Crippen molar-refractivity contribution >= 4 is 40.4 Å². The van der Waals surface area contributed by atoms with Gasteiger partial charge >= 0.3 is 0 Å². The number of ether oxygens (including phenoxy) is 1. The predicted octanol–water partition coefficient (Wildman–Crippen LogP) is 4.58. The van der Waals surface area contributed by atoms with Crippen molar-refractivity contribution in [3.63, 3.8) is 0 Å². The molecule has 0 spiro atoms. The van der Waals surface area contributed by atoms with Crippen molar-refractivity contribution in [1.82, 2.24) is 4.90 Å². The molecule has 0 N–H and O–H groups in total. The van der Waals surface area contributed by atoms with Crippen molar-refractivity contribution in [3.8, 4) is 5.75 Å². The van der Waals surface area contributed by atoms with Gasteiger partial charge in [0.2, 0.25) is 0 Å². The lowest BCUT2D eigenvalue weighted by molar-refractivity contribution is -0.135. The van der Waals surface area contributed by atoms with E-state index in [9.17, 15) is 4.79 Å². The zero-order chi connectivity index (χ0) is 15.7. The topological polar surface area (TPSA) is 29.5 Å². The minimum Gasteiger partial charge on any atom is -0.482 e. The van der Waals surface area contributed by atoms with E-state index in [2.05, 4.69) is 18.4 Å². The Bertz CT molecular complexity index is 701. The van der Waals surface area contributed by atoms with Gasteiger partial charge < -0.3 is 9.64 Å². The van der Waals surface area contributed by atoms with Gasteiger partial charge in [-0.25, -0.2) is 0 Å². The number of carbonyl (C=O) groups excluding carboxylic acids is 1. The van der Waals surface area contributed by atoms with E-state index >= 15 is 0 Å². The minimum atomic E-state index is -0.0413. The van der Waals surface area contributed by atoms with Crippen molar-refractivity contribution in [3.05, 3.63) is 50.1 Å². The summed E-state index contributed by atoms with van der Waals surface area (Å²) >= 11 is 13.7. The lowest BCUT2D eigenvalue weighted by atomic mass is 10.0. The Kier molecular flexibility index (Phi) is 4.62. The van der Waals surface area contributed by atoms with Crippen LogP contribution in [0.4, 0.5) is 0 Å². The summed E-state index contributed by atoms with van der Waals surface area (Å²) in [5, 5.41) is 3.06. The van der Waals surface area contributed by atoms with Crippen LogP contribution in [0.1, 0.15) is 23.4 Å². The van der Waals surface area contributed by atoms with Gasteiger partial charge in [-0.3, -0.25) is 4.79 Å². The van der Waals surface area contributed by atoms with Crippen LogP contribution in [0.25, 0.3) is 0 Å². The second kappa shape index (κ2) is 6.49. The quantitative estimate of drug-likeness (QED) is 0.806. The molecule has 0 bridgehead atoms. The number of rotatable bonds is 3. The van der Waals surface area contributed by atoms with Crippen LogP contribution in [0.15, 0.2) is 29.6 Å². The number of nitrogens with zero attached hydrogens (tertiary/aromatic N) is 1. The van der Waals surface area contributed by atoms with E-state index in [0.29, 0.717) is 15.8 Å². The highest BCUT2D eigenvalue weighted by atomic mass is 35.5. The second-order valence-electron chi connectivity index (χ2n) is 5.18. The Morgan fingerprint density at radius 2 is 2.23 bits per heavy atom. The summed E-state index contributed by atoms with van der Waals surface area (Å²) in [6.45, 7) is 2.74. The molecule has 116 valence electrons. The van der Waals surface area contributed by atoms with Crippen molar-refractivity contribution in [2.75, 3.05) is 13.2 Å². The summed E-state index contributed by atoms with van der Waals surface area (Å²) in [5.74, 6) is 0.392. The van der Waals surface area contributed by atoms with Crippen LogP contribution in [0.3, 0.4) is 0 Å². The van der Waals surface area contributed by atoms with Gasteiger partial charge in [0.15, 0.2) is 6.61 Å². The van der Waals surface area contributed by atoms with Crippen molar-refractivity contribution in [2.45, 2.75) is 19.4 Å². The van der Waals surface area contributed by atoms with E-state index in [0.717, 1.165) is 13.0 Å². The zero-order valence-corrected chi connectivity index (χ0v) is 14.3. The minimum absolute atomic E-state index is 0.0378. The highest BCUT2D eigenvalue weighted by Gasteiger charge is 2.28. The second-order valence-corrected chi connectivity index (χ2v) is 7.02. The van der Waals surface area contributed by atoms with Crippen molar-refractivity contribution in [1.29, 1.82) is 0 Å². The molecule has 0 saturated heterocycles. The average molecular weight is 356 g/mol. The molecule has 3 nitrogen and oxygen atoms in total. The fraction of sp³-hybridized carbons (Fsp3) is 0.312. The van der Waals surface area contributed by atoms with E-state index in [-0.39, 0.29) is 18.6 Å². The summed E-state index contributed by atoms with van der Waals surface area (Å²) in [7, 11) is 0. The molecule has 0 aliphatic carbocycles. The van der Waals surface area contributed by atoms with E-state index in [4.69, 9.17) is 27.9 Å². The number of halogens is 2. The molecule has 1 aromatic carbocycles. The van der Waals surface area contributed by atoms with E-state index in [1.807, 2.05) is 4.90 Å². The Morgan fingerprint density at radius 1 is 1.41 bits per heavy atom. The summed E-state index contributed by atoms with van der Waals surface area (Å²) in [6, 6.07) is 7.14. The fourth-order valence-corrected chi connectivity index (χ4v) is 3.96. The highest BCUT2D eigenvalue weighted by molar-refractivity contribution is 7.10. The molecule has 0 fully saturated rings.